The Hall–Kier alpha value is -2.50. The van der Waals surface area contributed by atoms with Gasteiger partial charge in [0.25, 0.3) is 5.91 Å². The van der Waals surface area contributed by atoms with Crippen molar-refractivity contribution in [2.45, 2.75) is 6.54 Å². The Morgan fingerprint density at radius 3 is 2.95 bits per heavy atom. The van der Waals surface area contributed by atoms with E-state index < -0.39 is 0 Å². The minimum absolute atomic E-state index is 0.161. The summed E-state index contributed by atoms with van der Waals surface area (Å²) in [7, 11) is 0. The zero-order valence-electron chi connectivity index (χ0n) is 10.2. The van der Waals surface area contributed by atoms with E-state index in [0.717, 1.165) is 5.69 Å². The van der Waals surface area contributed by atoms with Crippen LogP contribution in [-0.4, -0.2) is 29.1 Å². The van der Waals surface area contributed by atoms with Crippen LogP contribution in [0.3, 0.4) is 0 Å². The number of amides is 1. The maximum absolute atomic E-state index is 12.0. The second kappa shape index (κ2) is 5.01. The van der Waals surface area contributed by atoms with Gasteiger partial charge in [0.2, 0.25) is 0 Å². The second-order valence-electron chi connectivity index (χ2n) is 4.12. The minimum atomic E-state index is -0.161. The first-order chi connectivity index (χ1) is 9.33. The van der Waals surface area contributed by atoms with E-state index in [9.17, 15) is 4.79 Å². The molecule has 6 heteroatoms. The Labute approximate surface area is 109 Å². The number of aromatic amines is 1. The highest BCUT2D eigenvalue weighted by Gasteiger charge is 2.14. The van der Waals surface area contributed by atoms with E-state index in [2.05, 4.69) is 15.3 Å². The Kier molecular flexibility index (Phi) is 3.06. The van der Waals surface area contributed by atoms with Crippen molar-refractivity contribution in [3.63, 3.8) is 0 Å². The van der Waals surface area contributed by atoms with Crippen LogP contribution in [0.1, 0.15) is 16.1 Å². The van der Waals surface area contributed by atoms with Gasteiger partial charge in [-0.25, -0.2) is 4.98 Å². The van der Waals surface area contributed by atoms with Crippen LogP contribution in [0.25, 0.3) is 0 Å². The van der Waals surface area contributed by atoms with Gasteiger partial charge in [-0.15, -0.1) is 0 Å². The lowest BCUT2D eigenvalue weighted by Gasteiger charge is -2.18. The molecule has 0 unspecified atom stereocenters. The zero-order valence-corrected chi connectivity index (χ0v) is 10.2. The highest BCUT2D eigenvalue weighted by Crippen LogP contribution is 2.30. The van der Waals surface area contributed by atoms with Gasteiger partial charge in [-0.3, -0.25) is 4.79 Å². The van der Waals surface area contributed by atoms with Gasteiger partial charge in [-0.05, 0) is 18.2 Å². The van der Waals surface area contributed by atoms with E-state index in [4.69, 9.17) is 9.47 Å². The number of fused-ring (bicyclic) bond motifs is 1. The van der Waals surface area contributed by atoms with Crippen molar-refractivity contribution in [2.75, 3.05) is 13.2 Å². The number of ether oxygens (including phenoxy) is 2. The van der Waals surface area contributed by atoms with Crippen molar-refractivity contribution in [3.05, 3.63) is 42.0 Å². The number of carbonyl (C=O) groups is 1. The van der Waals surface area contributed by atoms with E-state index in [0.29, 0.717) is 36.8 Å². The van der Waals surface area contributed by atoms with Crippen LogP contribution in [0.15, 0.2) is 30.7 Å². The van der Waals surface area contributed by atoms with Crippen molar-refractivity contribution < 1.29 is 14.3 Å². The first-order valence-corrected chi connectivity index (χ1v) is 5.98. The third kappa shape index (κ3) is 2.52. The molecule has 2 N–H and O–H groups in total. The molecule has 0 radical (unpaired) electrons. The van der Waals surface area contributed by atoms with Crippen LogP contribution in [0.2, 0.25) is 0 Å². The first-order valence-electron chi connectivity index (χ1n) is 5.98. The average molecular weight is 259 g/mol. The average Bonchev–Trinajstić information content (AvgIpc) is 2.97. The van der Waals surface area contributed by atoms with Crippen LogP contribution >= 0.6 is 0 Å². The highest BCUT2D eigenvalue weighted by atomic mass is 16.6. The van der Waals surface area contributed by atoms with Gasteiger partial charge in [0.05, 0.1) is 18.6 Å². The SMILES string of the molecule is O=C(NCc1cnc[nH]1)c1ccc2c(c1)OCCO2. The van der Waals surface area contributed by atoms with Gasteiger partial charge in [0.1, 0.15) is 13.2 Å². The number of aromatic nitrogens is 2. The molecule has 2 heterocycles. The molecule has 0 bridgehead atoms. The van der Waals surface area contributed by atoms with Crippen LogP contribution in [0.5, 0.6) is 11.5 Å². The Bertz CT molecular complexity index is 581. The summed E-state index contributed by atoms with van der Waals surface area (Å²) in [6, 6.07) is 5.16. The fourth-order valence-electron chi connectivity index (χ4n) is 1.84. The number of hydrogen-bond donors (Lipinski definition) is 2. The molecular formula is C13H13N3O3. The maximum Gasteiger partial charge on any atom is 0.251 e. The molecule has 2 aromatic rings. The lowest BCUT2D eigenvalue weighted by Crippen LogP contribution is -2.23. The second-order valence-corrected chi connectivity index (χ2v) is 4.12. The lowest BCUT2D eigenvalue weighted by molar-refractivity contribution is 0.0949. The molecule has 0 fully saturated rings. The molecule has 6 nitrogen and oxygen atoms in total. The molecule has 0 atom stereocenters. The largest absolute Gasteiger partial charge is 0.486 e. The van der Waals surface area contributed by atoms with Gasteiger partial charge in [-0.2, -0.15) is 0 Å². The lowest BCUT2D eigenvalue weighted by atomic mass is 10.2. The van der Waals surface area contributed by atoms with Gasteiger partial charge < -0.3 is 19.8 Å². The number of H-pyrrole nitrogens is 1. The quantitative estimate of drug-likeness (QED) is 0.865. The Morgan fingerprint density at radius 2 is 2.16 bits per heavy atom. The van der Waals surface area contributed by atoms with E-state index >= 15 is 0 Å². The van der Waals surface area contributed by atoms with Gasteiger partial charge in [0.15, 0.2) is 11.5 Å². The Morgan fingerprint density at radius 1 is 1.32 bits per heavy atom. The monoisotopic (exact) mass is 259 g/mol. The molecule has 1 aromatic carbocycles. The normalized spacial score (nSPS) is 13.1. The summed E-state index contributed by atoms with van der Waals surface area (Å²) in [6.45, 7) is 1.46. The van der Waals surface area contributed by atoms with Crippen molar-refractivity contribution in [1.82, 2.24) is 15.3 Å². The fraction of sp³-hybridized carbons (Fsp3) is 0.231. The van der Waals surface area contributed by atoms with E-state index in [1.807, 2.05) is 0 Å². The van der Waals surface area contributed by atoms with Gasteiger partial charge in [0, 0.05) is 11.8 Å². The smallest absolute Gasteiger partial charge is 0.251 e. The van der Waals surface area contributed by atoms with Gasteiger partial charge in [-0.1, -0.05) is 0 Å². The molecule has 3 rings (SSSR count). The third-order valence-corrected chi connectivity index (χ3v) is 2.80. The molecule has 0 saturated heterocycles. The molecule has 1 amide bonds. The third-order valence-electron chi connectivity index (χ3n) is 2.80. The van der Waals surface area contributed by atoms with Crippen molar-refractivity contribution in [1.29, 1.82) is 0 Å². The van der Waals surface area contributed by atoms with Crippen molar-refractivity contribution in [2.24, 2.45) is 0 Å². The predicted molar refractivity (Wildman–Crippen MR) is 67.2 cm³/mol. The molecule has 0 aliphatic carbocycles. The number of benzene rings is 1. The van der Waals surface area contributed by atoms with Crippen LogP contribution in [-0.2, 0) is 6.54 Å². The summed E-state index contributed by atoms with van der Waals surface area (Å²) in [5.41, 5.74) is 1.40. The molecule has 1 aromatic heterocycles. The summed E-state index contributed by atoms with van der Waals surface area (Å²) < 4.78 is 10.9. The number of carbonyl (C=O) groups excluding carboxylic acids is 1. The fourth-order valence-corrected chi connectivity index (χ4v) is 1.84. The summed E-state index contributed by atoms with van der Waals surface area (Å²) in [5, 5.41) is 2.80. The predicted octanol–water partition coefficient (Wildman–Crippen LogP) is 1.11. The molecule has 1 aliphatic heterocycles. The molecule has 0 saturated carbocycles. The number of nitrogens with zero attached hydrogens (tertiary/aromatic N) is 1. The van der Waals surface area contributed by atoms with Gasteiger partial charge >= 0.3 is 0 Å². The topological polar surface area (TPSA) is 76.2 Å². The number of nitrogens with one attached hydrogen (secondary N) is 2. The Balaban J connectivity index is 1.69. The summed E-state index contributed by atoms with van der Waals surface area (Å²) in [5.74, 6) is 1.13. The summed E-state index contributed by atoms with van der Waals surface area (Å²) in [6.07, 6.45) is 3.25. The number of imidazole rings is 1. The van der Waals surface area contributed by atoms with Crippen LogP contribution in [0, 0.1) is 0 Å². The molecular weight excluding hydrogens is 246 g/mol. The standard InChI is InChI=1S/C13H13N3O3/c17-13(15-7-10-6-14-8-16-10)9-1-2-11-12(5-9)19-4-3-18-11/h1-2,5-6,8H,3-4,7H2,(H,14,16)(H,15,17). The molecule has 98 valence electrons. The molecule has 1 aliphatic rings. The zero-order chi connectivity index (χ0) is 13.1. The minimum Gasteiger partial charge on any atom is -0.486 e. The molecule has 0 spiro atoms. The maximum atomic E-state index is 12.0. The molecule has 19 heavy (non-hydrogen) atoms. The summed E-state index contributed by atoms with van der Waals surface area (Å²) in [4.78, 5) is 18.8. The van der Waals surface area contributed by atoms with E-state index in [1.165, 1.54) is 0 Å². The first kappa shape index (κ1) is 11.6. The summed E-state index contributed by atoms with van der Waals surface area (Å²) >= 11 is 0. The van der Waals surface area contributed by atoms with E-state index in [1.54, 1.807) is 30.7 Å². The number of hydrogen-bond acceptors (Lipinski definition) is 4. The highest BCUT2D eigenvalue weighted by molar-refractivity contribution is 5.94. The van der Waals surface area contributed by atoms with Crippen molar-refractivity contribution in [3.8, 4) is 11.5 Å². The van der Waals surface area contributed by atoms with Crippen LogP contribution < -0.4 is 14.8 Å². The number of rotatable bonds is 3. The van der Waals surface area contributed by atoms with Crippen molar-refractivity contribution >= 4 is 5.91 Å². The van der Waals surface area contributed by atoms with E-state index in [-0.39, 0.29) is 5.91 Å². The van der Waals surface area contributed by atoms with Crippen LogP contribution in [0.4, 0.5) is 0 Å².